The molecule has 2 aromatic carbocycles. The number of hydrogen-bond donors (Lipinski definition) is 1. The number of carbonyl (C=O) groups is 1. The van der Waals surface area contributed by atoms with Crippen LogP contribution in [0.4, 0.5) is 5.69 Å². The van der Waals surface area contributed by atoms with Gasteiger partial charge in [0.25, 0.3) is 0 Å². The van der Waals surface area contributed by atoms with Gasteiger partial charge in [0.1, 0.15) is 12.4 Å². The summed E-state index contributed by atoms with van der Waals surface area (Å²) in [5, 5.41) is 4.29. The Hall–Kier alpha value is -1.75. The van der Waals surface area contributed by atoms with Crippen molar-refractivity contribution in [2.75, 3.05) is 31.6 Å². The van der Waals surface area contributed by atoms with Crippen LogP contribution in [-0.4, -0.2) is 37.0 Å². The summed E-state index contributed by atoms with van der Waals surface area (Å²) in [5.74, 6) is 2.33. The number of hydrogen-bond acceptors (Lipinski definition) is 3. The monoisotopic (exact) mass is 502 g/mol. The predicted octanol–water partition coefficient (Wildman–Crippen LogP) is 7.19. The summed E-state index contributed by atoms with van der Waals surface area (Å²) in [7, 11) is 0. The standard InChI is InChI=1S/C28H36Cl2N2O2/c1-20-16-21(2)19-32(18-20)14-15-34-24-9-7-23(8-10-24)31-27(33)28(12-4-3-5-13-28)25-11-6-22(29)17-26(25)30/h6-11,17,20-21H,3-5,12-16,18-19H2,1-2H3,(H,31,33)/t20-,21-/m1/s1. The number of nitrogens with zero attached hydrogens (tertiary/aromatic N) is 1. The predicted molar refractivity (Wildman–Crippen MR) is 141 cm³/mol. The lowest BCUT2D eigenvalue weighted by molar-refractivity contribution is -0.122. The molecular weight excluding hydrogens is 467 g/mol. The van der Waals surface area contributed by atoms with Crippen molar-refractivity contribution in [2.24, 2.45) is 11.8 Å². The van der Waals surface area contributed by atoms with Gasteiger partial charge in [0.05, 0.1) is 5.41 Å². The number of piperidine rings is 1. The highest BCUT2D eigenvalue weighted by atomic mass is 35.5. The highest BCUT2D eigenvalue weighted by molar-refractivity contribution is 6.35. The third-order valence-electron chi connectivity index (χ3n) is 7.32. The maximum atomic E-state index is 13.6. The van der Waals surface area contributed by atoms with Crippen LogP contribution in [0.5, 0.6) is 5.75 Å². The number of nitrogens with one attached hydrogen (secondary N) is 1. The number of halogens is 2. The lowest BCUT2D eigenvalue weighted by atomic mass is 9.68. The molecule has 2 aromatic rings. The van der Waals surface area contributed by atoms with Crippen molar-refractivity contribution < 1.29 is 9.53 Å². The third-order valence-corrected chi connectivity index (χ3v) is 7.87. The average Bonchev–Trinajstić information content (AvgIpc) is 2.80. The fourth-order valence-corrected chi connectivity index (χ4v) is 6.39. The van der Waals surface area contributed by atoms with Crippen LogP contribution in [0, 0.1) is 11.8 Å². The Kier molecular flexibility index (Phi) is 8.44. The van der Waals surface area contributed by atoms with Gasteiger partial charge in [-0.2, -0.15) is 0 Å². The van der Waals surface area contributed by atoms with E-state index >= 15 is 0 Å². The van der Waals surface area contributed by atoms with Crippen LogP contribution < -0.4 is 10.1 Å². The van der Waals surface area contributed by atoms with E-state index in [0.29, 0.717) is 16.7 Å². The summed E-state index contributed by atoms with van der Waals surface area (Å²) in [4.78, 5) is 16.1. The molecule has 0 aromatic heterocycles. The maximum Gasteiger partial charge on any atom is 0.235 e. The second kappa shape index (κ2) is 11.3. The Labute approximate surface area is 214 Å². The minimum Gasteiger partial charge on any atom is -0.492 e. The zero-order valence-electron chi connectivity index (χ0n) is 20.3. The van der Waals surface area contributed by atoms with Crippen molar-refractivity contribution in [3.05, 3.63) is 58.1 Å². The summed E-state index contributed by atoms with van der Waals surface area (Å²) in [5.41, 5.74) is 1.01. The lowest BCUT2D eigenvalue weighted by Gasteiger charge is -2.37. The molecule has 1 aliphatic heterocycles. The van der Waals surface area contributed by atoms with Crippen LogP contribution in [0.25, 0.3) is 0 Å². The molecule has 1 aliphatic carbocycles. The van der Waals surface area contributed by atoms with Crippen LogP contribution in [0.15, 0.2) is 42.5 Å². The van der Waals surface area contributed by atoms with Crippen molar-refractivity contribution >= 4 is 34.8 Å². The molecule has 184 valence electrons. The maximum absolute atomic E-state index is 13.6. The van der Waals surface area contributed by atoms with Crippen LogP contribution in [0.2, 0.25) is 10.0 Å². The summed E-state index contributed by atoms with van der Waals surface area (Å²) in [6.45, 7) is 8.57. The van der Waals surface area contributed by atoms with Crippen molar-refractivity contribution in [1.29, 1.82) is 0 Å². The summed E-state index contributed by atoms with van der Waals surface area (Å²) < 4.78 is 5.99. The third kappa shape index (κ3) is 6.08. The largest absolute Gasteiger partial charge is 0.492 e. The Bertz CT molecular complexity index is 963. The van der Waals surface area contributed by atoms with E-state index in [1.165, 1.54) is 6.42 Å². The van der Waals surface area contributed by atoms with E-state index < -0.39 is 5.41 Å². The Morgan fingerprint density at radius 1 is 1.03 bits per heavy atom. The molecule has 0 radical (unpaired) electrons. The summed E-state index contributed by atoms with van der Waals surface area (Å²) >= 11 is 12.7. The second-order valence-electron chi connectivity index (χ2n) is 10.3. The normalized spacial score (nSPS) is 22.8. The molecule has 1 N–H and O–H groups in total. The first-order valence-electron chi connectivity index (χ1n) is 12.6. The molecule has 0 spiro atoms. The molecule has 0 unspecified atom stereocenters. The fourth-order valence-electron chi connectivity index (χ4n) is 5.80. The van der Waals surface area contributed by atoms with Gasteiger partial charge in [-0.3, -0.25) is 9.69 Å². The topological polar surface area (TPSA) is 41.6 Å². The Balaban J connectivity index is 1.37. The van der Waals surface area contributed by atoms with Crippen molar-refractivity contribution in [3.8, 4) is 5.75 Å². The molecule has 4 rings (SSSR count). The van der Waals surface area contributed by atoms with Gasteiger partial charge in [0, 0.05) is 35.4 Å². The molecule has 34 heavy (non-hydrogen) atoms. The number of carbonyl (C=O) groups excluding carboxylic acids is 1. The zero-order valence-corrected chi connectivity index (χ0v) is 21.8. The number of rotatable bonds is 7. The van der Waals surface area contributed by atoms with Gasteiger partial charge in [-0.05, 0) is 73.1 Å². The van der Waals surface area contributed by atoms with Crippen LogP contribution in [0.1, 0.15) is 57.9 Å². The van der Waals surface area contributed by atoms with Gasteiger partial charge in [-0.1, -0.05) is 62.4 Å². The second-order valence-corrected chi connectivity index (χ2v) is 11.1. The number of likely N-dealkylation sites (tertiary alicyclic amines) is 1. The smallest absolute Gasteiger partial charge is 0.235 e. The van der Waals surface area contributed by atoms with Gasteiger partial charge < -0.3 is 10.1 Å². The molecule has 6 heteroatoms. The first-order valence-corrected chi connectivity index (χ1v) is 13.3. The SMILES string of the molecule is C[C@@H]1C[C@@H](C)CN(CCOc2ccc(NC(=O)C3(c4ccc(Cl)cc4Cl)CCCCC3)cc2)C1. The summed E-state index contributed by atoms with van der Waals surface area (Å²) in [6, 6.07) is 13.2. The van der Waals surface area contributed by atoms with Crippen LogP contribution >= 0.6 is 23.2 Å². The van der Waals surface area contributed by atoms with Gasteiger partial charge in [0.15, 0.2) is 0 Å². The summed E-state index contributed by atoms with van der Waals surface area (Å²) in [6.07, 6.45) is 6.04. The number of ether oxygens (including phenoxy) is 1. The van der Waals surface area contributed by atoms with E-state index in [9.17, 15) is 4.79 Å². The fraction of sp³-hybridized carbons (Fsp3) is 0.536. The molecule has 1 amide bonds. The molecule has 1 saturated carbocycles. The van der Waals surface area contributed by atoms with Crippen molar-refractivity contribution in [2.45, 2.75) is 57.8 Å². The molecule has 2 fully saturated rings. The lowest BCUT2D eigenvalue weighted by Crippen LogP contribution is -2.42. The van der Waals surface area contributed by atoms with Gasteiger partial charge in [0.2, 0.25) is 5.91 Å². The Morgan fingerprint density at radius 3 is 2.35 bits per heavy atom. The first kappa shape index (κ1) is 25.3. The average molecular weight is 504 g/mol. The molecule has 1 saturated heterocycles. The highest BCUT2D eigenvalue weighted by Crippen LogP contribution is 2.44. The quantitative estimate of drug-likeness (QED) is 0.435. The molecule has 1 heterocycles. The molecule has 0 bridgehead atoms. The molecular formula is C28H36Cl2N2O2. The molecule has 2 aliphatic rings. The number of anilines is 1. The van der Waals surface area contributed by atoms with Crippen molar-refractivity contribution in [3.63, 3.8) is 0 Å². The van der Waals surface area contributed by atoms with Crippen LogP contribution in [-0.2, 0) is 10.2 Å². The molecule has 2 atom stereocenters. The number of benzene rings is 2. The highest BCUT2D eigenvalue weighted by Gasteiger charge is 2.42. The van der Waals surface area contributed by atoms with Gasteiger partial charge >= 0.3 is 0 Å². The number of amides is 1. The Morgan fingerprint density at radius 2 is 1.71 bits per heavy atom. The van der Waals surface area contributed by atoms with E-state index in [1.54, 1.807) is 6.07 Å². The van der Waals surface area contributed by atoms with E-state index in [2.05, 4.69) is 24.1 Å². The van der Waals surface area contributed by atoms with Gasteiger partial charge in [-0.15, -0.1) is 0 Å². The minimum absolute atomic E-state index is 0.00145. The van der Waals surface area contributed by atoms with Crippen molar-refractivity contribution in [1.82, 2.24) is 4.90 Å². The minimum atomic E-state index is -0.627. The van der Waals surface area contributed by atoms with E-state index in [-0.39, 0.29) is 5.91 Å². The van der Waals surface area contributed by atoms with Crippen LogP contribution in [0.3, 0.4) is 0 Å². The van der Waals surface area contributed by atoms with Gasteiger partial charge in [-0.25, -0.2) is 0 Å². The molecule has 4 nitrogen and oxygen atoms in total. The first-order chi connectivity index (χ1) is 16.4. The van der Waals surface area contributed by atoms with E-state index in [1.807, 2.05) is 36.4 Å². The van der Waals surface area contributed by atoms with E-state index in [4.69, 9.17) is 27.9 Å². The zero-order chi connectivity index (χ0) is 24.1. The van der Waals surface area contributed by atoms with E-state index in [0.717, 1.165) is 80.6 Å².